The maximum absolute atomic E-state index is 12.7. The van der Waals surface area contributed by atoms with Crippen LogP contribution in [0.1, 0.15) is 16.8 Å². The Labute approximate surface area is 151 Å². The fraction of sp³-hybridized carbons (Fsp3) is 0.353. The van der Waals surface area contributed by atoms with Crippen molar-refractivity contribution in [1.82, 2.24) is 9.97 Å². The van der Waals surface area contributed by atoms with Gasteiger partial charge in [-0.2, -0.15) is 0 Å². The Morgan fingerprint density at radius 1 is 1.38 bits per heavy atom. The second-order valence-electron chi connectivity index (χ2n) is 5.92. The third-order valence-electron chi connectivity index (χ3n) is 4.08. The van der Waals surface area contributed by atoms with Gasteiger partial charge in [0, 0.05) is 12.8 Å². The van der Waals surface area contributed by atoms with Crippen molar-refractivity contribution in [2.45, 2.75) is 11.3 Å². The van der Waals surface area contributed by atoms with E-state index in [9.17, 15) is 13.2 Å². The summed E-state index contributed by atoms with van der Waals surface area (Å²) in [5, 5.41) is 2.60. The molecule has 3 rings (SSSR count). The third-order valence-corrected chi connectivity index (χ3v) is 5.96. The Bertz CT molecular complexity index is 881. The highest BCUT2D eigenvalue weighted by molar-refractivity contribution is 7.91. The molecule has 0 aliphatic carbocycles. The van der Waals surface area contributed by atoms with E-state index >= 15 is 0 Å². The van der Waals surface area contributed by atoms with Crippen LogP contribution in [0.4, 0.5) is 5.82 Å². The number of carbonyl (C=O) groups excluding carboxylic acids is 1. The standard InChI is InChI=1S/C17H19N3O5S/c1-24-15-3-2-13(26(22,23)10-12-5-7-25-9-12)8-14(15)17(21)20-16-4-6-18-11-19-16/h2-4,6,8,11-12H,5,7,9-10H2,1H3,(H,18,19,20,21)/t12-/m0/s1. The molecule has 1 amide bonds. The number of amides is 1. The van der Waals surface area contributed by atoms with Crippen LogP contribution in [0.5, 0.6) is 5.75 Å². The van der Waals surface area contributed by atoms with Gasteiger partial charge in [0.15, 0.2) is 9.84 Å². The normalized spacial score (nSPS) is 17.0. The van der Waals surface area contributed by atoms with Crippen LogP contribution in [0.3, 0.4) is 0 Å². The van der Waals surface area contributed by atoms with Gasteiger partial charge in [-0.15, -0.1) is 0 Å². The zero-order valence-electron chi connectivity index (χ0n) is 14.2. The summed E-state index contributed by atoms with van der Waals surface area (Å²) in [5.41, 5.74) is 0.120. The summed E-state index contributed by atoms with van der Waals surface area (Å²) in [5.74, 6) is 0.0390. The molecule has 2 heterocycles. The molecule has 26 heavy (non-hydrogen) atoms. The minimum Gasteiger partial charge on any atom is -0.496 e. The lowest BCUT2D eigenvalue weighted by Crippen LogP contribution is -2.18. The molecule has 0 bridgehead atoms. The molecule has 0 radical (unpaired) electrons. The van der Waals surface area contributed by atoms with Crippen LogP contribution >= 0.6 is 0 Å². The van der Waals surface area contributed by atoms with Gasteiger partial charge < -0.3 is 14.8 Å². The van der Waals surface area contributed by atoms with Crippen molar-refractivity contribution >= 4 is 21.6 Å². The van der Waals surface area contributed by atoms with Crippen LogP contribution in [0.15, 0.2) is 41.7 Å². The summed E-state index contributed by atoms with van der Waals surface area (Å²) in [6.45, 7) is 1.02. The number of methoxy groups -OCH3 is 1. The minimum atomic E-state index is -3.54. The van der Waals surface area contributed by atoms with Crippen molar-refractivity contribution in [3.8, 4) is 5.75 Å². The van der Waals surface area contributed by atoms with Crippen molar-refractivity contribution < 1.29 is 22.7 Å². The quantitative estimate of drug-likeness (QED) is 0.814. The molecular weight excluding hydrogens is 358 g/mol. The first-order valence-electron chi connectivity index (χ1n) is 8.05. The summed E-state index contributed by atoms with van der Waals surface area (Å²) in [4.78, 5) is 20.3. The maximum Gasteiger partial charge on any atom is 0.260 e. The van der Waals surface area contributed by atoms with E-state index in [1.165, 1.54) is 43.9 Å². The van der Waals surface area contributed by atoms with Crippen molar-refractivity contribution in [3.63, 3.8) is 0 Å². The van der Waals surface area contributed by atoms with E-state index in [1.807, 2.05) is 0 Å². The third kappa shape index (κ3) is 4.17. The number of aromatic nitrogens is 2. The predicted molar refractivity (Wildman–Crippen MR) is 94.0 cm³/mol. The summed E-state index contributed by atoms with van der Waals surface area (Å²) in [7, 11) is -2.12. The van der Waals surface area contributed by atoms with E-state index in [-0.39, 0.29) is 27.9 Å². The summed E-state index contributed by atoms with van der Waals surface area (Å²) >= 11 is 0. The summed E-state index contributed by atoms with van der Waals surface area (Å²) in [6.07, 6.45) is 3.51. The van der Waals surface area contributed by atoms with Gasteiger partial charge >= 0.3 is 0 Å². The molecule has 2 aromatic rings. The summed E-state index contributed by atoms with van der Waals surface area (Å²) < 4.78 is 35.8. The first kappa shape index (κ1) is 18.3. The van der Waals surface area contributed by atoms with E-state index in [2.05, 4.69) is 15.3 Å². The number of nitrogens with zero attached hydrogens (tertiary/aromatic N) is 2. The molecule has 0 spiro atoms. The highest BCUT2D eigenvalue weighted by Crippen LogP contribution is 2.26. The number of anilines is 1. The SMILES string of the molecule is COc1ccc(S(=O)(=O)C[C@H]2CCOC2)cc1C(=O)Nc1ccncn1. The number of ether oxygens (including phenoxy) is 2. The molecule has 1 aromatic heterocycles. The molecule has 8 nitrogen and oxygen atoms in total. The molecule has 1 fully saturated rings. The van der Waals surface area contributed by atoms with Crippen molar-refractivity contribution in [1.29, 1.82) is 0 Å². The van der Waals surface area contributed by atoms with Crippen molar-refractivity contribution in [2.24, 2.45) is 5.92 Å². The smallest absolute Gasteiger partial charge is 0.260 e. The number of rotatable bonds is 6. The Kier molecular flexibility index (Phi) is 5.48. The van der Waals surface area contributed by atoms with Gasteiger partial charge in [0.05, 0.1) is 29.9 Å². The molecule has 0 unspecified atom stereocenters. The number of nitrogens with one attached hydrogen (secondary N) is 1. The fourth-order valence-electron chi connectivity index (χ4n) is 2.73. The van der Waals surface area contributed by atoms with Gasteiger partial charge in [-0.05, 0) is 36.6 Å². The molecule has 0 saturated carbocycles. The first-order valence-corrected chi connectivity index (χ1v) is 9.71. The molecule has 1 aliphatic rings. The zero-order valence-corrected chi connectivity index (χ0v) is 15.0. The van der Waals surface area contributed by atoms with Crippen molar-refractivity contribution in [3.05, 3.63) is 42.4 Å². The molecule has 1 aromatic carbocycles. The Balaban J connectivity index is 1.87. The van der Waals surface area contributed by atoms with Crippen LogP contribution in [-0.2, 0) is 14.6 Å². The van der Waals surface area contributed by atoms with E-state index < -0.39 is 15.7 Å². The average molecular weight is 377 g/mol. The minimum absolute atomic E-state index is 0.00764. The van der Waals surface area contributed by atoms with E-state index in [1.54, 1.807) is 0 Å². The first-order chi connectivity index (χ1) is 12.5. The van der Waals surface area contributed by atoms with Crippen LogP contribution in [0.25, 0.3) is 0 Å². The lowest BCUT2D eigenvalue weighted by molar-refractivity contribution is 0.102. The van der Waals surface area contributed by atoms with Crippen LogP contribution in [0, 0.1) is 5.92 Å². The van der Waals surface area contributed by atoms with E-state index in [4.69, 9.17) is 9.47 Å². The lowest BCUT2D eigenvalue weighted by atomic mass is 10.2. The zero-order chi connectivity index (χ0) is 18.6. The maximum atomic E-state index is 12.7. The van der Waals surface area contributed by atoms with E-state index in [0.717, 1.165) is 6.42 Å². The predicted octanol–water partition coefficient (Wildman–Crippen LogP) is 1.55. The van der Waals surface area contributed by atoms with Crippen LogP contribution in [-0.4, -0.2) is 50.4 Å². The average Bonchev–Trinajstić information content (AvgIpc) is 3.14. The lowest BCUT2D eigenvalue weighted by Gasteiger charge is -2.13. The largest absolute Gasteiger partial charge is 0.496 e. The second kappa shape index (κ2) is 7.79. The monoisotopic (exact) mass is 377 g/mol. The van der Waals surface area contributed by atoms with Crippen LogP contribution < -0.4 is 10.1 Å². The number of carbonyl (C=O) groups is 1. The van der Waals surface area contributed by atoms with Gasteiger partial charge in [-0.3, -0.25) is 4.79 Å². The summed E-state index contributed by atoms with van der Waals surface area (Å²) in [6, 6.07) is 5.80. The van der Waals surface area contributed by atoms with Gasteiger partial charge in [0.25, 0.3) is 5.91 Å². The highest BCUT2D eigenvalue weighted by atomic mass is 32.2. The Hall–Kier alpha value is -2.52. The second-order valence-corrected chi connectivity index (χ2v) is 7.96. The number of sulfone groups is 1. The highest BCUT2D eigenvalue weighted by Gasteiger charge is 2.26. The van der Waals surface area contributed by atoms with Crippen molar-refractivity contribution in [2.75, 3.05) is 31.4 Å². The van der Waals surface area contributed by atoms with Gasteiger partial charge in [-0.25, -0.2) is 18.4 Å². The Morgan fingerprint density at radius 2 is 2.23 bits per heavy atom. The fourth-order valence-corrected chi connectivity index (χ4v) is 4.38. The molecule has 1 atom stereocenters. The molecule has 138 valence electrons. The molecular formula is C17H19N3O5S. The van der Waals surface area contributed by atoms with Gasteiger partial charge in [0.1, 0.15) is 17.9 Å². The Morgan fingerprint density at radius 3 is 2.88 bits per heavy atom. The molecule has 1 N–H and O–H groups in total. The number of hydrogen-bond donors (Lipinski definition) is 1. The number of hydrogen-bond acceptors (Lipinski definition) is 7. The van der Waals surface area contributed by atoms with Gasteiger partial charge in [-0.1, -0.05) is 0 Å². The topological polar surface area (TPSA) is 107 Å². The van der Waals surface area contributed by atoms with Gasteiger partial charge in [0.2, 0.25) is 0 Å². The van der Waals surface area contributed by atoms with Crippen LogP contribution in [0.2, 0.25) is 0 Å². The molecule has 1 aliphatic heterocycles. The molecule has 1 saturated heterocycles. The van der Waals surface area contributed by atoms with E-state index in [0.29, 0.717) is 19.0 Å². The molecule has 9 heteroatoms. The number of benzene rings is 1.